The summed E-state index contributed by atoms with van der Waals surface area (Å²) in [5, 5.41) is 0. The number of hydrogen-bond acceptors (Lipinski definition) is 2. The number of carbonyl (C=O) groups is 1. The first-order chi connectivity index (χ1) is 7.63. The van der Waals surface area contributed by atoms with Crippen molar-refractivity contribution in [2.45, 2.75) is 6.42 Å². The van der Waals surface area contributed by atoms with E-state index < -0.39 is 11.6 Å². The zero-order chi connectivity index (χ0) is 11.7. The lowest BCUT2D eigenvalue weighted by Crippen LogP contribution is -2.26. The summed E-state index contributed by atoms with van der Waals surface area (Å²) < 4.78 is 26.9. The second-order valence-electron chi connectivity index (χ2n) is 3.83. The molecule has 2 nitrogen and oxygen atoms in total. The summed E-state index contributed by atoms with van der Waals surface area (Å²) in [4.78, 5) is 12.8. The van der Waals surface area contributed by atoms with Crippen LogP contribution in [0.2, 0.25) is 0 Å². The molecule has 1 amide bonds. The summed E-state index contributed by atoms with van der Waals surface area (Å²) in [6.07, 6.45) is 0.303. The topological polar surface area (TPSA) is 20.3 Å². The Kier molecular flexibility index (Phi) is 3.14. The van der Waals surface area contributed by atoms with Crippen molar-refractivity contribution in [2.75, 3.05) is 17.2 Å². The van der Waals surface area contributed by atoms with Gasteiger partial charge >= 0.3 is 0 Å². The maximum Gasteiger partial charge on any atom is 0.227 e. The lowest BCUT2D eigenvalue weighted by atomic mass is 10.1. The van der Waals surface area contributed by atoms with Gasteiger partial charge in [0.1, 0.15) is 17.3 Å². The molecule has 16 heavy (non-hydrogen) atoms. The van der Waals surface area contributed by atoms with E-state index in [-0.39, 0.29) is 17.5 Å². The van der Waals surface area contributed by atoms with Crippen molar-refractivity contribution in [1.29, 1.82) is 0 Å². The molecule has 1 fully saturated rings. The van der Waals surface area contributed by atoms with Gasteiger partial charge in [-0.2, -0.15) is 12.6 Å². The summed E-state index contributed by atoms with van der Waals surface area (Å²) in [7, 11) is 0. The molecule has 0 aliphatic carbocycles. The number of anilines is 1. The van der Waals surface area contributed by atoms with E-state index in [1.807, 2.05) is 0 Å². The van der Waals surface area contributed by atoms with Crippen LogP contribution in [0.4, 0.5) is 14.5 Å². The van der Waals surface area contributed by atoms with Gasteiger partial charge in [0.15, 0.2) is 0 Å². The standard InChI is InChI=1S/C11H11F2NOS/c12-8-2-1-3-9(13)11(8)14-5-7(6-16)4-10(14)15/h1-3,7,16H,4-6H2. The van der Waals surface area contributed by atoms with Crippen LogP contribution in [-0.4, -0.2) is 18.2 Å². The van der Waals surface area contributed by atoms with Crippen LogP contribution in [0.1, 0.15) is 6.42 Å². The Hall–Kier alpha value is -1.10. The van der Waals surface area contributed by atoms with Gasteiger partial charge in [-0.15, -0.1) is 0 Å². The van der Waals surface area contributed by atoms with Crippen molar-refractivity contribution in [3.05, 3.63) is 29.8 Å². The fourth-order valence-electron chi connectivity index (χ4n) is 1.87. The first-order valence-electron chi connectivity index (χ1n) is 4.98. The summed E-state index contributed by atoms with van der Waals surface area (Å²) in [6.45, 7) is 0.334. The third-order valence-electron chi connectivity index (χ3n) is 2.67. The van der Waals surface area contributed by atoms with E-state index in [0.29, 0.717) is 18.7 Å². The molecular weight excluding hydrogens is 232 g/mol. The van der Waals surface area contributed by atoms with Crippen LogP contribution in [0.15, 0.2) is 18.2 Å². The molecule has 1 saturated heterocycles. The molecule has 1 aromatic carbocycles. The van der Waals surface area contributed by atoms with E-state index >= 15 is 0 Å². The van der Waals surface area contributed by atoms with Gasteiger partial charge in [0, 0.05) is 13.0 Å². The number of hydrogen-bond donors (Lipinski definition) is 1. The van der Waals surface area contributed by atoms with E-state index in [0.717, 1.165) is 12.1 Å². The Morgan fingerprint density at radius 2 is 2.00 bits per heavy atom. The second-order valence-corrected chi connectivity index (χ2v) is 4.19. The maximum atomic E-state index is 13.5. The van der Waals surface area contributed by atoms with Crippen molar-refractivity contribution in [3.8, 4) is 0 Å². The van der Waals surface area contributed by atoms with Crippen molar-refractivity contribution >= 4 is 24.2 Å². The molecule has 1 aliphatic heterocycles. The largest absolute Gasteiger partial charge is 0.307 e. The second kappa shape index (κ2) is 4.41. The Bertz CT molecular complexity index is 404. The fraction of sp³-hybridized carbons (Fsp3) is 0.364. The molecule has 0 saturated carbocycles. The van der Waals surface area contributed by atoms with Gasteiger partial charge in [-0.1, -0.05) is 6.07 Å². The Balaban J connectivity index is 2.35. The molecule has 86 valence electrons. The highest BCUT2D eigenvalue weighted by molar-refractivity contribution is 7.80. The molecule has 1 aromatic rings. The third-order valence-corrected chi connectivity index (χ3v) is 3.19. The molecule has 0 spiro atoms. The van der Waals surface area contributed by atoms with E-state index in [4.69, 9.17) is 0 Å². The van der Waals surface area contributed by atoms with Crippen LogP contribution in [-0.2, 0) is 4.79 Å². The highest BCUT2D eigenvalue weighted by atomic mass is 32.1. The van der Waals surface area contributed by atoms with Crippen LogP contribution < -0.4 is 4.90 Å². The molecule has 1 heterocycles. The summed E-state index contributed by atoms with van der Waals surface area (Å²) in [5.41, 5.74) is -0.239. The van der Waals surface area contributed by atoms with Crippen molar-refractivity contribution in [1.82, 2.24) is 0 Å². The summed E-state index contributed by atoms with van der Waals surface area (Å²) in [6, 6.07) is 3.59. The number of thiol groups is 1. The van der Waals surface area contributed by atoms with Crippen molar-refractivity contribution < 1.29 is 13.6 Å². The number of benzene rings is 1. The average molecular weight is 243 g/mol. The van der Waals surface area contributed by atoms with Crippen molar-refractivity contribution in [2.24, 2.45) is 5.92 Å². The van der Waals surface area contributed by atoms with Crippen LogP contribution in [0, 0.1) is 17.6 Å². The van der Waals surface area contributed by atoms with Crippen LogP contribution in [0.5, 0.6) is 0 Å². The fourth-order valence-corrected chi connectivity index (χ4v) is 2.11. The van der Waals surface area contributed by atoms with E-state index in [1.165, 1.54) is 11.0 Å². The lowest BCUT2D eigenvalue weighted by Gasteiger charge is -2.17. The third kappa shape index (κ3) is 1.91. The maximum absolute atomic E-state index is 13.5. The van der Waals surface area contributed by atoms with Crippen LogP contribution in [0.3, 0.4) is 0 Å². The van der Waals surface area contributed by atoms with Gasteiger partial charge in [-0.05, 0) is 23.8 Å². The number of para-hydroxylation sites is 1. The zero-order valence-corrected chi connectivity index (χ0v) is 9.38. The predicted octanol–water partition coefficient (Wildman–Crippen LogP) is 2.25. The molecule has 0 bridgehead atoms. The molecular formula is C11H11F2NOS. The van der Waals surface area contributed by atoms with Gasteiger partial charge in [0.25, 0.3) is 0 Å². The Morgan fingerprint density at radius 1 is 1.38 bits per heavy atom. The van der Waals surface area contributed by atoms with Crippen LogP contribution >= 0.6 is 12.6 Å². The molecule has 1 atom stereocenters. The molecule has 0 radical (unpaired) electrons. The first kappa shape index (κ1) is 11.4. The minimum absolute atomic E-state index is 0.0647. The molecule has 1 aliphatic rings. The van der Waals surface area contributed by atoms with Gasteiger partial charge < -0.3 is 4.90 Å². The van der Waals surface area contributed by atoms with E-state index in [1.54, 1.807) is 0 Å². The summed E-state index contributed by atoms with van der Waals surface area (Å²) >= 11 is 4.09. The number of amides is 1. The zero-order valence-electron chi connectivity index (χ0n) is 8.49. The van der Waals surface area contributed by atoms with Crippen molar-refractivity contribution in [3.63, 3.8) is 0 Å². The predicted molar refractivity (Wildman–Crippen MR) is 60.7 cm³/mol. The van der Waals surface area contributed by atoms with Crippen LogP contribution in [0.25, 0.3) is 0 Å². The Labute approximate surface area is 97.7 Å². The van der Waals surface area contributed by atoms with E-state index in [9.17, 15) is 13.6 Å². The number of carbonyl (C=O) groups excluding carboxylic acids is 1. The SMILES string of the molecule is O=C1CC(CS)CN1c1c(F)cccc1F. The van der Waals surface area contributed by atoms with Gasteiger partial charge in [0.2, 0.25) is 5.91 Å². The highest BCUT2D eigenvalue weighted by Gasteiger charge is 2.32. The normalized spacial score (nSPS) is 20.6. The van der Waals surface area contributed by atoms with Gasteiger partial charge in [-0.3, -0.25) is 4.79 Å². The minimum atomic E-state index is -0.701. The number of halogens is 2. The molecule has 0 aromatic heterocycles. The summed E-state index contributed by atoms with van der Waals surface area (Å²) in [5.74, 6) is -1.04. The molecule has 5 heteroatoms. The van der Waals surface area contributed by atoms with Gasteiger partial charge in [-0.25, -0.2) is 8.78 Å². The molecule has 1 unspecified atom stereocenters. The van der Waals surface area contributed by atoms with E-state index in [2.05, 4.69) is 12.6 Å². The number of rotatable bonds is 2. The quantitative estimate of drug-likeness (QED) is 0.790. The Morgan fingerprint density at radius 3 is 2.50 bits per heavy atom. The van der Waals surface area contributed by atoms with Gasteiger partial charge in [0.05, 0.1) is 0 Å². The highest BCUT2D eigenvalue weighted by Crippen LogP contribution is 2.29. The minimum Gasteiger partial charge on any atom is -0.307 e. The smallest absolute Gasteiger partial charge is 0.227 e. The molecule has 0 N–H and O–H groups in total. The molecule has 2 rings (SSSR count). The monoisotopic (exact) mass is 243 g/mol. The average Bonchev–Trinajstić information content (AvgIpc) is 2.60. The lowest BCUT2D eigenvalue weighted by molar-refractivity contribution is -0.117. The first-order valence-corrected chi connectivity index (χ1v) is 5.62. The number of nitrogens with zero attached hydrogens (tertiary/aromatic N) is 1.